The van der Waals surface area contributed by atoms with Gasteiger partial charge in [0.1, 0.15) is 5.82 Å². The summed E-state index contributed by atoms with van der Waals surface area (Å²) in [6, 6.07) is 10.2. The summed E-state index contributed by atoms with van der Waals surface area (Å²) in [5.74, 6) is 0.961. The van der Waals surface area contributed by atoms with Crippen molar-refractivity contribution in [2.45, 2.75) is 51.7 Å². The van der Waals surface area contributed by atoms with E-state index in [-0.39, 0.29) is 5.41 Å². The Morgan fingerprint density at radius 3 is 2.60 bits per heavy atom. The summed E-state index contributed by atoms with van der Waals surface area (Å²) < 4.78 is 2.13. The summed E-state index contributed by atoms with van der Waals surface area (Å²) >= 11 is 0. The Hall–Kier alpha value is -1.61. The molecule has 1 N–H and O–H groups in total. The van der Waals surface area contributed by atoms with Crippen LogP contribution in [-0.2, 0) is 18.4 Å². The van der Waals surface area contributed by atoms with Crippen LogP contribution in [0.5, 0.6) is 0 Å². The number of aryl methyl sites for hydroxylation is 1. The number of hydrogen-bond acceptors (Lipinski definition) is 2. The van der Waals surface area contributed by atoms with Gasteiger partial charge in [0.2, 0.25) is 0 Å². The zero-order valence-electron chi connectivity index (χ0n) is 12.6. The zero-order chi connectivity index (χ0) is 14.6. The summed E-state index contributed by atoms with van der Waals surface area (Å²) in [4.78, 5) is 4.38. The Bertz CT molecular complexity index is 531. The highest BCUT2D eigenvalue weighted by molar-refractivity contribution is 5.25. The summed E-state index contributed by atoms with van der Waals surface area (Å²) in [5, 5.41) is 10.6. The normalized spacial score (nSPS) is 13.4. The van der Waals surface area contributed by atoms with E-state index >= 15 is 0 Å². The number of rotatable bonds is 6. The first kappa shape index (κ1) is 14.8. The smallest absolute Gasteiger partial charge is 0.111 e. The van der Waals surface area contributed by atoms with E-state index in [0.29, 0.717) is 6.42 Å². The van der Waals surface area contributed by atoms with Gasteiger partial charge in [0.05, 0.1) is 6.10 Å². The van der Waals surface area contributed by atoms with E-state index in [1.165, 1.54) is 0 Å². The molecule has 0 aliphatic heterocycles. The van der Waals surface area contributed by atoms with Gasteiger partial charge in [-0.05, 0) is 12.0 Å². The quantitative estimate of drug-likeness (QED) is 0.877. The minimum atomic E-state index is -0.456. The second-order valence-electron chi connectivity index (χ2n) is 5.84. The Balaban J connectivity index is 2.15. The number of nitrogens with zero attached hydrogens (tertiary/aromatic N) is 2. The highest BCUT2D eigenvalue weighted by Crippen LogP contribution is 2.28. The molecule has 0 radical (unpaired) electrons. The van der Waals surface area contributed by atoms with Crippen LogP contribution in [0, 0.1) is 0 Å². The Morgan fingerprint density at radius 2 is 1.95 bits per heavy atom. The van der Waals surface area contributed by atoms with Crippen LogP contribution in [-0.4, -0.2) is 20.8 Å². The van der Waals surface area contributed by atoms with E-state index in [1.807, 2.05) is 30.6 Å². The van der Waals surface area contributed by atoms with Gasteiger partial charge in [-0.15, -0.1) is 0 Å². The van der Waals surface area contributed by atoms with Crippen molar-refractivity contribution >= 4 is 0 Å². The average molecular weight is 272 g/mol. The molecule has 0 aliphatic carbocycles. The number of aromatic nitrogens is 2. The molecule has 108 valence electrons. The van der Waals surface area contributed by atoms with Crippen LogP contribution in [0.4, 0.5) is 0 Å². The van der Waals surface area contributed by atoms with Crippen molar-refractivity contribution in [3.63, 3.8) is 0 Å². The van der Waals surface area contributed by atoms with Crippen molar-refractivity contribution in [1.82, 2.24) is 9.55 Å². The number of benzene rings is 1. The number of aliphatic hydroxyl groups excluding tert-OH is 1. The fourth-order valence-corrected chi connectivity index (χ4v) is 2.46. The molecule has 20 heavy (non-hydrogen) atoms. The molecule has 0 saturated heterocycles. The van der Waals surface area contributed by atoms with Crippen LogP contribution in [0.2, 0.25) is 0 Å². The van der Waals surface area contributed by atoms with E-state index in [1.54, 1.807) is 0 Å². The maximum absolute atomic E-state index is 10.6. The summed E-state index contributed by atoms with van der Waals surface area (Å²) in [6.07, 6.45) is 4.99. The van der Waals surface area contributed by atoms with E-state index in [4.69, 9.17) is 0 Å². The topological polar surface area (TPSA) is 38.0 Å². The van der Waals surface area contributed by atoms with Gasteiger partial charge in [-0.3, -0.25) is 0 Å². The van der Waals surface area contributed by atoms with Gasteiger partial charge < -0.3 is 9.67 Å². The lowest BCUT2D eigenvalue weighted by molar-refractivity contribution is 0.0971. The SMILES string of the molecule is CCCn1ccnc1CC(O)C(C)(C)c1ccccc1. The van der Waals surface area contributed by atoms with Crippen molar-refractivity contribution in [3.8, 4) is 0 Å². The van der Waals surface area contributed by atoms with Crippen molar-refractivity contribution in [2.24, 2.45) is 0 Å². The summed E-state index contributed by atoms with van der Waals surface area (Å²) in [6.45, 7) is 7.27. The Morgan fingerprint density at radius 1 is 1.25 bits per heavy atom. The summed E-state index contributed by atoms with van der Waals surface area (Å²) in [5.41, 5.74) is 0.866. The molecule has 1 aromatic heterocycles. The molecule has 0 spiro atoms. The van der Waals surface area contributed by atoms with Crippen molar-refractivity contribution < 1.29 is 5.11 Å². The first-order chi connectivity index (χ1) is 9.55. The van der Waals surface area contributed by atoms with Gasteiger partial charge in [0, 0.05) is 30.8 Å². The molecule has 0 bridgehead atoms. The van der Waals surface area contributed by atoms with Crippen LogP contribution in [0.15, 0.2) is 42.7 Å². The van der Waals surface area contributed by atoms with Gasteiger partial charge >= 0.3 is 0 Å². The summed E-state index contributed by atoms with van der Waals surface area (Å²) in [7, 11) is 0. The largest absolute Gasteiger partial charge is 0.392 e. The van der Waals surface area contributed by atoms with E-state index in [2.05, 4.69) is 42.5 Å². The van der Waals surface area contributed by atoms with Crippen LogP contribution >= 0.6 is 0 Å². The van der Waals surface area contributed by atoms with Gasteiger partial charge in [-0.1, -0.05) is 51.1 Å². The van der Waals surface area contributed by atoms with Gasteiger partial charge in [-0.25, -0.2) is 4.98 Å². The molecule has 0 saturated carbocycles. The molecule has 1 atom stereocenters. The number of aliphatic hydroxyl groups is 1. The standard InChI is InChI=1S/C17H24N2O/c1-4-11-19-12-10-18-16(19)13-15(20)17(2,3)14-8-6-5-7-9-14/h5-10,12,15,20H,4,11,13H2,1-3H3. The van der Waals surface area contributed by atoms with E-state index < -0.39 is 6.10 Å². The fourth-order valence-electron chi connectivity index (χ4n) is 2.46. The van der Waals surface area contributed by atoms with Crippen LogP contribution in [0.1, 0.15) is 38.6 Å². The van der Waals surface area contributed by atoms with Crippen molar-refractivity contribution in [2.75, 3.05) is 0 Å². The Labute approximate surface area is 121 Å². The number of hydrogen-bond donors (Lipinski definition) is 1. The lowest BCUT2D eigenvalue weighted by atomic mass is 9.78. The van der Waals surface area contributed by atoms with E-state index in [9.17, 15) is 5.11 Å². The third kappa shape index (κ3) is 3.10. The monoisotopic (exact) mass is 272 g/mol. The highest BCUT2D eigenvalue weighted by atomic mass is 16.3. The molecule has 0 fully saturated rings. The number of imidazole rings is 1. The minimum absolute atomic E-state index is 0.287. The third-order valence-corrected chi connectivity index (χ3v) is 3.99. The Kier molecular flexibility index (Phi) is 4.61. The van der Waals surface area contributed by atoms with Crippen LogP contribution < -0.4 is 0 Å². The molecule has 1 unspecified atom stereocenters. The van der Waals surface area contributed by atoms with E-state index in [0.717, 1.165) is 24.4 Å². The molecule has 1 aromatic carbocycles. The molecular formula is C17H24N2O. The predicted octanol–water partition coefficient (Wildman–Crippen LogP) is 3.17. The van der Waals surface area contributed by atoms with Gasteiger partial charge in [0.15, 0.2) is 0 Å². The third-order valence-electron chi connectivity index (χ3n) is 3.99. The van der Waals surface area contributed by atoms with Crippen molar-refractivity contribution in [1.29, 1.82) is 0 Å². The van der Waals surface area contributed by atoms with Crippen LogP contribution in [0.25, 0.3) is 0 Å². The maximum Gasteiger partial charge on any atom is 0.111 e. The van der Waals surface area contributed by atoms with Crippen LogP contribution in [0.3, 0.4) is 0 Å². The van der Waals surface area contributed by atoms with Crippen molar-refractivity contribution in [3.05, 3.63) is 54.1 Å². The minimum Gasteiger partial charge on any atom is -0.392 e. The first-order valence-electron chi connectivity index (χ1n) is 7.29. The maximum atomic E-state index is 10.6. The molecule has 0 aliphatic rings. The molecule has 0 amide bonds. The molecular weight excluding hydrogens is 248 g/mol. The lowest BCUT2D eigenvalue weighted by Gasteiger charge is -2.31. The molecule has 3 heteroatoms. The molecule has 3 nitrogen and oxygen atoms in total. The highest BCUT2D eigenvalue weighted by Gasteiger charge is 2.30. The molecule has 2 aromatic rings. The predicted molar refractivity (Wildman–Crippen MR) is 81.7 cm³/mol. The van der Waals surface area contributed by atoms with Gasteiger partial charge in [0.25, 0.3) is 0 Å². The second-order valence-corrected chi connectivity index (χ2v) is 5.84. The first-order valence-corrected chi connectivity index (χ1v) is 7.29. The lowest BCUT2D eigenvalue weighted by Crippen LogP contribution is -2.36. The molecule has 1 heterocycles. The van der Waals surface area contributed by atoms with Gasteiger partial charge in [-0.2, -0.15) is 0 Å². The second kappa shape index (κ2) is 6.23. The molecule has 2 rings (SSSR count). The fraction of sp³-hybridized carbons (Fsp3) is 0.471. The average Bonchev–Trinajstić information content (AvgIpc) is 2.87. The zero-order valence-corrected chi connectivity index (χ0v) is 12.6.